The van der Waals surface area contributed by atoms with Gasteiger partial charge in [-0.25, -0.2) is 4.98 Å². The van der Waals surface area contributed by atoms with Crippen molar-refractivity contribution in [2.24, 2.45) is 0 Å². The molecule has 1 N–H and O–H groups in total. The van der Waals surface area contributed by atoms with Gasteiger partial charge in [-0.3, -0.25) is 0 Å². The molecule has 1 heterocycles. The van der Waals surface area contributed by atoms with E-state index in [0.29, 0.717) is 27.5 Å². The summed E-state index contributed by atoms with van der Waals surface area (Å²) in [4.78, 5) is 4.12. The number of nitrogens with one attached hydrogen (secondary N) is 1. The monoisotopic (exact) mass is 316 g/mol. The summed E-state index contributed by atoms with van der Waals surface area (Å²) in [5.41, 5.74) is 1.73. The fourth-order valence-electron chi connectivity index (χ4n) is 1.49. The van der Waals surface area contributed by atoms with Crippen molar-refractivity contribution in [3.05, 3.63) is 51.1 Å². The fourth-order valence-corrected chi connectivity index (χ4v) is 2.11. The number of ether oxygens (including phenoxy) is 1. The van der Waals surface area contributed by atoms with Crippen molar-refractivity contribution in [1.82, 2.24) is 4.98 Å². The standard InChI is InChI=1S/C13H11Cl3N2O/c1-19-13-3-2-8(7-18-13)6-17-12-5-10(15)9(14)4-11(12)16/h2-5,7,17H,6H2,1H3. The number of methoxy groups -OCH3 is 1. The lowest BCUT2D eigenvalue weighted by atomic mass is 10.2. The van der Waals surface area contributed by atoms with E-state index in [1.807, 2.05) is 6.07 Å². The van der Waals surface area contributed by atoms with Gasteiger partial charge in [0.05, 0.1) is 27.9 Å². The van der Waals surface area contributed by atoms with Gasteiger partial charge in [-0.05, 0) is 17.7 Å². The van der Waals surface area contributed by atoms with Crippen molar-refractivity contribution in [1.29, 1.82) is 0 Å². The minimum absolute atomic E-state index is 0.434. The third-order valence-corrected chi connectivity index (χ3v) is 3.53. The van der Waals surface area contributed by atoms with E-state index < -0.39 is 0 Å². The van der Waals surface area contributed by atoms with Crippen LogP contribution in [0.4, 0.5) is 5.69 Å². The summed E-state index contributed by atoms with van der Waals surface area (Å²) in [7, 11) is 1.58. The van der Waals surface area contributed by atoms with E-state index >= 15 is 0 Å². The molecule has 3 nitrogen and oxygen atoms in total. The van der Waals surface area contributed by atoms with E-state index in [2.05, 4.69) is 10.3 Å². The van der Waals surface area contributed by atoms with Crippen LogP contribution in [-0.4, -0.2) is 12.1 Å². The summed E-state index contributed by atoms with van der Waals surface area (Å²) in [5.74, 6) is 0.580. The number of aromatic nitrogens is 1. The maximum absolute atomic E-state index is 6.07. The van der Waals surface area contributed by atoms with Crippen LogP contribution in [0.1, 0.15) is 5.56 Å². The largest absolute Gasteiger partial charge is 0.481 e. The predicted octanol–water partition coefficient (Wildman–Crippen LogP) is 4.66. The van der Waals surface area contributed by atoms with Gasteiger partial charge in [0.25, 0.3) is 0 Å². The third kappa shape index (κ3) is 3.66. The summed E-state index contributed by atoms with van der Waals surface area (Å²) < 4.78 is 5.00. The lowest BCUT2D eigenvalue weighted by Crippen LogP contribution is -2.01. The molecule has 0 atom stereocenters. The maximum atomic E-state index is 6.07. The molecule has 0 amide bonds. The maximum Gasteiger partial charge on any atom is 0.212 e. The Morgan fingerprint density at radius 3 is 2.47 bits per heavy atom. The Labute approximate surface area is 126 Å². The molecule has 0 aliphatic rings. The third-order valence-electron chi connectivity index (χ3n) is 2.50. The summed E-state index contributed by atoms with van der Waals surface area (Å²) in [6, 6.07) is 7.03. The smallest absolute Gasteiger partial charge is 0.212 e. The molecule has 19 heavy (non-hydrogen) atoms. The molecule has 0 saturated carbocycles. The molecular weight excluding hydrogens is 307 g/mol. The number of hydrogen-bond acceptors (Lipinski definition) is 3. The average molecular weight is 318 g/mol. The number of halogens is 3. The minimum Gasteiger partial charge on any atom is -0.481 e. The average Bonchev–Trinajstić information content (AvgIpc) is 2.42. The van der Waals surface area contributed by atoms with Gasteiger partial charge in [0.1, 0.15) is 0 Å². The van der Waals surface area contributed by atoms with Crippen LogP contribution < -0.4 is 10.1 Å². The summed E-state index contributed by atoms with van der Waals surface area (Å²) >= 11 is 17.9. The molecule has 1 aromatic heterocycles. The molecule has 0 saturated heterocycles. The second kappa shape index (κ2) is 6.33. The first-order chi connectivity index (χ1) is 9.10. The molecule has 0 radical (unpaired) electrons. The number of pyridine rings is 1. The van der Waals surface area contributed by atoms with Gasteiger partial charge < -0.3 is 10.1 Å². The predicted molar refractivity (Wildman–Crippen MR) is 79.6 cm³/mol. The Bertz CT molecular complexity index is 573. The van der Waals surface area contributed by atoms with E-state index in [1.165, 1.54) is 0 Å². The van der Waals surface area contributed by atoms with E-state index in [0.717, 1.165) is 11.3 Å². The van der Waals surface area contributed by atoms with Gasteiger partial charge in [0.2, 0.25) is 5.88 Å². The van der Waals surface area contributed by atoms with Gasteiger partial charge in [0.15, 0.2) is 0 Å². The van der Waals surface area contributed by atoms with Crippen LogP contribution in [0.25, 0.3) is 0 Å². The molecule has 1 aromatic carbocycles. The Balaban J connectivity index is 2.07. The number of benzene rings is 1. The normalized spacial score (nSPS) is 10.3. The molecule has 6 heteroatoms. The van der Waals surface area contributed by atoms with Crippen LogP contribution in [-0.2, 0) is 6.54 Å². The summed E-state index contributed by atoms with van der Waals surface area (Å²) in [5, 5.41) is 4.60. The van der Waals surface area contributed by atoms with E-state index in [1.54, 1.807) is 31.5 Å². The second-order valence-corrected chi connectivity index (χ2v) is 5.03. The van der Waals surface area contributed by atoms with Crippen LogP contribution in [0.15, 0.2) is 30.5 Å². The van der Waals surface area contributed by atoms with Crippen molar-refractivity contribution < 1.29 is 4.74 Å². The first-order valence-corrected chi connectivity index (χ1v) is 6.61. The molecule has 0 bridgehead atoms. The highest BCUT2D eigenvalue weighted by Crippen LogP contribution is 2.32. The summed E-state index contributed by atoms with van der Waals surface area (Å²) in [6.45, 7) is 0.578. The van der Waals surface area contributed by atoms with Crippen LogP contribution >= 0.6 is 34.8 Å². The van der Waals surface area contributed by atoms with Crippen LogP contribution in [0.3, 0.4) is 0 Å². The molecule has 2 rings (SSSR count). The van der Waals surface area contributed by atoms with Gasteiger partial charge >= 0.3 is 0 Å². The lowest BCUT2D eigenvalue weighted by Gasteiger charge is -2.10. The van der Waals surface area contributed by atoms with E-state index in [4.69, 9.17) is 39.5 Å². The van der Waals surface area contributed by atoms with Crippen molar-refractivity contribution >= 4 is 40.5 Å². The van der Waals surface area contributed by atoms with Crippen molar-refractivity contribution in [3.63, 3.8) is 0 Å². The Morgan fingerprint density at radius 1 is 1.11 bits per heavy atom. The van der Waals surface area contributed by atoms with Crippen LogP contribution in [0.5, 0.6) is 5.88 Å². The zero-order valence-electron chi connectivity index (χ0n) is 10.1. The number of hydrogen-bond donors (Lipinski definition) is 1. The van der Waals surface area contributed by atoms with Crippen molar-refractivity contribution in [2.45, 2.75) is 6.54 Å². The minimum atomic E-state index is 0.434. The first kappa shape index (κ1) is 14.3. The van der Waals surface area contributed by atoms with Crippen LogP contribution in [0.2, 0.25) is 15.1 Å². The topological polar surface area (TPSA) is 34.1 Å². The Hall–Kier alpha value is -1.16. The highest BCUT2D eigenvalue weighted by Gasteiger charge is 2.06. The zero-order valence-corrected chi connectivity index (χ0v) is 12.4. The molecule has 0 aliphatic heterocycles. The van der Waals surface area contributed by atoms with Crippen molar-refractivity contribution in [3.8, 4) is 5.88 Å². The molecule has 0 unspecified atom stereocenters. The highest BCUT2D eigenvalue weighted by atomic mass is 35.5. The van der Waals surface area contributed by atoms with Gasteiger partial charge in [0, 0.05) is 18.8 Å². The molecular formula is C13H11Cl3N2O. The van der Waals surface area contributed by atoms with Crippen LogP contribution in [0, 0.1) is 0 Å². The van der Waals surface area contributed by atoms with E-state index in [9.17, 15) is 0 Å². The second-order valence-electron chi connectivity index (χ2n) is 3.81. The molecule has 0 aliphatic carbocycles. The molecule has 2 aromatic rings. The first-order valence-electron chi connectivity index (χ1n) is 5.47. The number of rotatable bonds is 4. The quantitative estimate of drug-likeness (QED) is 0.833. The zero-order chi connectivity index (χ0) is 13.8. The van der Waals surface area contributed by atoms with Gasteiger partial charge in [-0.15, -0.1) is 0 Å². The SMILES string of the molecule is COc1ccc(CNc2cc(Cl)c(Cl)cc2Cl)cn1. The molecule has 0 spiro atoms. The fraction of sp³-hybridized carbons (Fsp3) is 0.154. The number of anilines is 1. The highest BCUT2D eigenvalue weighted by molar-refractivity contribution is 6.44. The lowest BCUT2D eigenvalue weighted by molar-refractivity contribution is 0.397. The number of nitrogens with zero attached hydrogens (tertiary/aromatic N) is 1. The molecule has 0 fully saturated rings. The summed E-state index contributed by atoms with van der Waals surface area (Å²) in [6.07, 6.45) is 1.73. The Kier molecular flexibility index (Phi) is 4.75. The van der Waals surface area contributed by atoms with E-state index in [-0.39, 0.29) is 0 Å². The molecule has 100 valence electrons. The van der Waals surface area contributed by atoms with Crippen molar-refractivity contribution in [2.75, 3.05) is 12.4 Å². The Morgan fingerprint density at radius 2 is 1.84 bits per heavy atom. The van der Waals surface area contributed by atoms with Gasteiger partial charge in [-0.1, -0.05) is 40.9 Å². The van der Waals surface area contributed by atoms with Gasteiger partial charge in [-0.2, -0.15) is 0 Å².